The minimum absolute atomic E-state index is 0.0279. The lowest BCUT2D eigenvalue weighted by Crippen LogP contribution is -2.57. The van der Waals surface area contributed by atoms with Gasteiger partial charge < -0.3 is 14.9 Å². The summed E-state index contributed by atoms with van der Waals surface area (Å²) < 4.78 is 43.3. The number of nitrogens with zero attached hydrogens (tertiary/aromatic N) is 4. The number of amides is 2. The van der Waals surface area contributed by atoms with Crippen molar-refractivity contribution in [1.82, 2.24) is 14.8 Å². The highest BCUT2D eigenvalue weighted by Gasteiger charge is 2.49. The van der Waals surface area contributed by atoms with Crippen molar-refractivity contribution in [3.05, 3.63) is 71.3 Å². The number of benzene rings is 2. The SMILES string of the molecule is CN1CCC(N(C)C(=O)N2N=C(c3cc(F)ccc3F)C[C@@]2(CO)c2ccccc2)[C@@H](F)C1. The molecule has 4 rings (SSSR count). The molecule has 0 aromatic heterocycles. The smallest absolute Gasteiger partial charge is 0.341 e. The standard InChI is InChI=1S/C24H27F3N4O2/c1-29-11-10-22(20(27)14-29)30(2)23(33)31-24(15-32,16-6-4-3-5-7-16)13-21(28-31)18-12-17(25)8-9-19(18)26/h3-9,12,20,22,32H,10-11,13-15H2,1-2H3/t20-,22?,24+/m0/s1. The number of carbonyl (C=O) groups is 1. The minimum atomic E-state index is -1.34. The summed E-state index contributed by atoms with van der Waals surface area (Å²) in [4.78, 5) is 16.8. The average molecular weight is 461 g/mol. The lowest BCUT2D eigenvalue weighted by atomic mass is 9.84. The largest absolute Gasteiger partial charge is 0.393 e. The van der Waals surface area contributed by atoms with Gasteiger partial charge in [-0.05, 0) is 37.2 Å². The first kappa shape index (κ1) is 23.3. The van der Waals surface area contributed by atoms with E-state index in [4.69, 9.17) is 0 Å². The Hall–Kier alpha value is -2.91. The zero-order valence-electron chi connectivity index (χ0n) is 18.6. The molecule has 1 N–H and O–H groups in total. The van der Waals surface area contributed by atoms with E-state index in [1.54, 1.807) is 30.3 Å². The maximum atomic E-state index is 14.8. The molecule has 2 amide bonds. The van der Waals surface area contributed by atoms with Crippen LogP contribution in [0.5, 0.6) is 0 Å². The summed E-state index contributed by atoms with van der Waals surface area (Å²) in [6.07, 6.45) is -0.829. The zero-order chi connectivity index (χ0) is 23.8. The molecule has 2 aliphatic rings. The number of likely N-dealkylation sites (tertiary alicyclic amines) is 1. The fraction of sp³-hybridized carbons (Fsp3) is 0.417. The Labute approximate surface area is 190 Å². The van der Waals surface area contributed by atoms with Crippen LogP contribution in [-0.4, -0.2) is 77.7 Å². The van der Waals surface area contributed by atoms with Crippen molar-refractivity contribution in [1.29, 1.82) is 0 Å². The lowest BCUT2D eigenvalue weighted by molar-refractivity contribution is 0.0276. The molecule has 0 spiro atoms. The van der Waals surface area contributed by atoms with Gasteiger partial charge in [-0.2, -0.15) is 5.10 Å². The van der Waals surface area contributed by atoms with Gasteiger partial charge in [-0.25, -0.2) is 23.0 Å². The number of carbonyl (C=O) groups excluding carboxylic acids is 1. The highest BCUT2D eigenvalue weighted by atomic mass is 19.1. The third-order valence-corrected chi connectivity index (χ3v) is 6.59. The summed E-state index contributed by atoms with van der Waals surface area (Å²) in [6.45, 7) is 0.331. The van der Waals surface area contributed by atoms with E-state index in [0.717, 1.165) is 23.2 Å². The molecule has 0 saturated carbocycles. The number of aliphatic hydroxyl groups is 1. The number of hydrazone groups is 1. The van der Waals surface area contributed by atoms with Crippen LogP contribution in [0, 0.1) is 11.6 Å². The highest BCUT2D eigenvalue weighted by molar-refractivity contribution is 6.04. The number of rotatable bonds is 4. The van der Waals surface area contributed by atoms with E-state index >= 15 is 0 Å². The molecule has 176 valence electrons. The van der Waals surface area contributed by atoms with Gasteiger partial charge in [0.2, 0.25) is 0 Å². The first-order chi connectivity index (χ1) is 15.8. The molecule has 6 nitrogen and oxygen atoms in total. The molecular weight excluding hydrogens is 433 g/mol. The Kier molecular flexibility index (Phi) is 6.45. The number of hydrogen-bond acceptors (Lipinski definition) is 4. The Morgan fingerprint density at radius 3 is 2.64 bits per heavy atom. The number of aliphatic hydroxyl groups excluding tert-OH is 1. The Bertz CT molecular complexity index is 1050. The van der Waals surface area contributed by atoms with Gasteiger partial charge >= 0.3 is 6.03 Å². The Morgan fingerprint density at radius 2 is 1.97 bits per heavy atom. The van der Waals surface area contributed by atoms with Crippen molar-refractivity contribution in [2.45, 2.75) is 30.6 Å². The van der Waals surface area contributed by atoms with Gasteiger partial charge in [0, 0.05) is 32.1 Å². The van der Waals surface area contributed by atoms with Crippen molar-refractivity contribution >= 4 is 11.7 Å². The molecule has 1 saturated heterocycles. The minimum Gasteiger partial charge on any atom is -0.393 e. The van der Waals surface area contributed by atoms with Crippen LogP contribution in [-0.2, 0) is 5.54 Å². The lowest BCUT2D eigenvalue weighted by Gasteiger charge is -2.42. The predicted octanol–water partition coefficient (Wildman–Crippen LogP) is 3.36. The number of alkyl halides is 1. The summed E-state index contributed by atoms with van der Waals surface area (Å²) in [5.74, 6) is -1.33. The van der Waals surface area contributed by atoms with Gasteiger partial charge in [-0.1, -0.05) is 30.3 Å². The van der Waals surface area contributed by atoms with E-state index < -0.39 is 42.0 Å². The molecule has 33 heavy (non-hydrogen) atoms. The van der Waals surface area contributed by atoms with Crippen molar-refractivity contribution in [3.63, 3.8) is 0 Å². The summed E-state index contributed by atoms with van der Waals surface area (Å²) in [5, 5.41) is 16.0. The first-order valence-electron chi connectivity index (χ1n) is 10.9. The molecule has 9 heteroatoms. The molecule has 2 aromatic rings. The number of piperidine rings is 1. The van der Waals surface area contributed by atoms with Crippen molar-refractivity contribution in [2.75, 3.05) is 33.8 Å². The van der Waals surface area contributed by atoms with Crippen LogP contribution < -0.4 is 0 Å². The van der Waals surface area contributed by atoms with Gasteiger partial charge in [0.1, 0.15) is 23.3 Å². The second kappa shape index (κ2) is 9.15. The summed E-state index contributed by atoms with van der Waals surface area (Å²) in [6, 6.07) is 10.5. The maximum Gasteiger partial charge on any atom is 0.341 e. The number of urea groups is 1. The van der Waals surface area contributed by atoms with E-state index in [9.17, 15) is 23.1 Å². The van der Waals surface area contributed by atoms with E-state index in [2.05, 4.69) is 5.10 Å². The van der Waals surface area contributed by atoms with E-state index in [-0.39, 0.29) is 24.2 Å². The average Bonchev–Trinajstić information content (AvgIpc) is 3.21. The van der Waals surface area contributed by atoms with Crippen molar-refractivity contribution in [2.24, 2.45) is 5.10 Å². The summed E-state index contributed by atoms with van der Waals surface area (Å²) in [7, 11) is 3.33. The van der Waals surface area contributed by atoms with Crippen LogP contribution in [0.3, 0.4) is 0 Å². The molecule has 2 aliphatic heterocycles. The number of hydrogen-bond donors (Lipinski definition) is 1. The predicted molar refractivity (Wildman–Crippen MR) is 119 cm³/mol. The normalized spacial score (nSPS) is 25.8. The van der Waals surface area contributed by atoms with E-state index in [1.807, 2.05) is 11.9 Å². The molecule has 0 bridgehead atoms. The Morgan fingerprint density at radius 1 is 1.24 bits per heavy atom. The summed E-state index contributed by atoms with van der Waals surface area (Å²) >= 11 is 0. The molecule has 1 fully saturated rings. The topological polar surface area (TPSA) is 59.4 Å². The van der Waals surface area contributed by atoms with Gasteiger partial charge in [0.15, 0.2) is 0 Å². The molecule has 3 atom stereocenters. The second-order valence-corrected chi connectivity index (χ2v) is 8.74. The van der Waals surface area contributed by atoms with Crippen LogP contribution in [0.25, 0.3) is 0 Å². The van der Waals surface area contributed by atoms with Crippen LogP contribution in [0.15, 0.2) is 53.6 Å². The zero-order valence-corrected chi connectivity index (χ0v) is 18.6. The molecule has 2 aromatic carbocycles. The fourth-order valence-electron chi connectivity index (χ4n) is 4.66. The van der Waals surface area contributed by atoms with Crippen LogP contribution >= 0.6 is 0 Å². The number of halogens is 3. The fourth-order valence-corrected chi connectivity index (χ4v) is 4.66. The van der Waals surface area contributed by atoms with Crippen LogP contribution in [0.2, 0.25) is 0 Å². The second-order valence-electron chi connectivity index (χ2n) is 8.74. The third kappa shape index (κ3) is 4.22. The van der Waals surface area contributed by atoms with Crippen molar-refractivity contribution in [3.8, 4) is 0 Å². The quantitative estimate of drug-likeness (QED) is 0.761. The molecular formula is C24H27F3N4O2. The molecule has 0 radical (unpaired) electrons. The highest BCUT2D eigenvalue weighted by Crippen LogP contribution is 2.40. The van der Waals surface area contributed by atoms with Gasteiger partial charge in [0.05, 0.1) is 18.4 Å². The summed E-state index contributed by atoms with van der Waals surface area (Å²) in [5.41, 5.74) is -0.695. The van der Waals surface area contributed by atoms with Gasteiger partial charge in [-0.15, -0.1) is 0 Å². The maximum absolute atomic E-state index is 14.8. The Balaban J connectivity index is 1.76. The third-order valence-electron chi connectivity index (χ3n) is 6.59. The molecule has 0 aliphatic carbocycles. The van der Waals surface area contributed by atoms with Gasteiger partial charge in [0.25, 0.3) is 0 Å². The van der Waals surface area contributed by atoms with Crippen LogP contribution in [0.4, 0.5) is 18.0 Å². The molecule has 1 unspecified atom stereocenters. The van der Waals surface area contributed by atoms with Gasteiger partial charge in [-0.3, -0.25) is 0 Å². The molecule has 2 heterocycles. The van der Waals surface area contributed by atoms with E-state index in [0.29, 0.717) is 18.5 Å². The van der Waals surface area contributed by atoms with Crippen LogP contribution in [0.1, 0.15) is 24.0 Å². The van der Waals surface area contributed by atoms with Crippen molar-refractivity contribution < 1.29 is 23.1 Å². The monoisotopic (exact) mass is 460 g/mol. The first-order valence-corrected chi connectivity index (χ1v) is 10.9. The van der Waals surface area contributed by atoms with E-state index in [1.165, 1.54) is 11.9 Å².